The second-order valence-corrected chi connectivity index (χ2v) is 12.0. The molecule has 2 aliphatic heterocycles. The van der Waals surface area contributed by atoms with Crippen molar-refractivity contribution in [2.75, 3.05) is 37.6 Å². The Morgan fingerprint density at radius 2 is 1.73 bits per heavy atom. The monoisotopic (exact) mass is 581 g/mol. The first-order chi connectivity index (χ1) is 19.3. The first-order valence-electron chi connectivity index (χ1n) is 14.1. The molecule has 5 rings (SSSR count). The number of likely N-dealkylation sites (tertiary alicyclic amines) is 1. The molecule has 4 heterocycles. The molecule has 0 unspecified atom stereocenters. The second kappa shape index (κ2) is 13.2. The lowest BCUT2D eigenvalue weighted by Gasteiger charge is -2.32. The van der Waals surface area contributed by atoms with Crippen LogP contribution in [0.5, 0.6) is 11.6 Å². The van der Waals surface area contributed by atoms with E-state index in [-0.39, 0.29) is 5.91 Å². The Hall–Kier alpha value is -2.87. The van der Waals surface area contributed by atoms with Gasteiger partial charge in [0.1, 0.15) is 11.6 Å². The van der Waals surface area contributed by atoms with Gasteiger partial charge in [-0.3, -0.25) is 9.69 Å². The molecular weight excluding hydrogens is 545 g/mol. The van der Waals surface area contributed by atoms with Crippen LogP contribution in [0.4, 0.5) is 5.82 Å². The zero-order valence-electron chi connectivity index (χ0n) is 23.2. The van der Waals surface area contributed by atoms with E-state index in [4.69, 9.17) is 32.9 Å². The number of halogens is 2. The molecule has 0 spiro atoms. The maximum atomic E-state index is 11.3. The van der Waals surface area contributed by atoms with Crippen LogP contribution in [0, 0.1) is 11.8 Å². The second-order valence-electron chi connectivity index (χ2n) is 11.1. The van der Waals surface area contributed by atoms with E-state index < -0.39 is 0 Å². The number of benzene rings is 1. The number of aromatic nitrogens is 2. The molecule has 1 aromatic carbocycles. The minimum atomic E-state index is 0.0337. The van der Waals surface area contributed by atoms with Crippen molar-refractivity contribution in [2.24, 2.45) is 11.8 Å². The largest absolute Gasteiger partial charge is 0.437 e. The number of hydrogen-bond acceptors (Lipinski definition) is 6. The molecule has 0 aliphatic carbocycles. The number of carbonyl (C=O) groups is 1. The maximum absolute atomic E-state index is 11.3. The van der Waals surface area contributed by atoms with E-state index in [0.29, 0.717) is 27.6 Å². The Morgan fingerprint density at radius 1 is 1.00 bits per heavy atom. The number of rotatable bonds is 8. The number of piperidine rings is 2. The number of anilines is 1. The summed E-state index contributed by atoms with van der Waals surface area (Å²) >= 11 is 12.6. The summed E-state index contributed by atoms with van der Waals surface area (Å²) in [7, 11) is 0. The number of ether oxygens (including phenoxy) is 1. The summed E-state index contributed by atoms with van der Waals surface area (Å²) in [6.45, 7) is 9.43. The van der Waals surface area contributed by atoms with Gasteiger partial charge in [-0.2, -0.15) is 0 Å². The van der Waals surface area contributed by atoms with Gasteiger partial charge in [0.05, 0.1) is 11.9 Å². The summed E-state index contributed by atoms with van der Waals surface area (Å²) in [4.78, 5) is 25.5. The number of carbonyl (C=O) groups excluding carboxylic acids is 1. The van der Waals surface area contributed by atoms with Crippen molar-refractivity contribution in [1.82, 2.24) is 20.2 Å². The number of amides is 1. The van der Waals surface area contributed by atoms with Crippen LogP contribution in [0.2, 0.25) is 10.0 Å². The summed E-state index contributed by atoms with van der Waals surface area (Å²) in [5, 5.41) is 4.08. The average Bonchev–Trinajstić information content (AvgIpc) is 2.93. The normalized spacial score (nSPS) is 17.1. The van der Waals surface area contributed by atoms with Crippen molar-refractivity contribution in [3.63, 3.8) is 0 Å². The number of hydrogen-bond donors (Lipinski definition) is 1. The van der Waals surface area contributed by atoms with E-state index in [1.54, 1.807) is 19.2 Å². The van der Waals surface area contributed by atoms with Crippen LogP contribution in [-0.2, 0) is 11.3 Å². The zero-order valence-corrected chi connectivity index (χ0v) is 24.7. The Kier molecular flexibility index (Phi) is 9.45. The van der Waals surface area contributed by atoms with E-state index in [0.717, 1.165) is 80.7 Å². The first kappa shape index (κ1) is 28.7. The summed E-state index contributed by atoms with van der Waals surface area (Å²) in [6, 6.07) is 13.5. The topological polar surface area (TPSA) is 70.6 Å². The molecule has 0 bridgehead atoms. The highest BCUT2D eigenvalue weighted by Gasteiger charge is 2.21. The Bertz CT molecular complexity index is 1280. The lowest BCUT2D eigenvalue weighted by Crippen LogP contribution is -2.37. The number of pyridine rings is 2. The van der Waals surface area contributed by atoms with Gasteiger partial charge in [-0.15, -0.1) is 0 Å². The van der Waals surface area contributed by atoms with E-state index in [9.17, 15) is 4.79 Å². The lowest BCUT2D eigenvalue weighted by molar-refractivity contribution is -0.119. The zero-order chi connectivity index (χ0) is 28.1. The van der Waals surface area contributed by atoms with Crippen LogP contribution < -0.4 is 15.0 Å². The van der Waals surface area contributed by atoms with Gasteiger partial charge >= 0.3 is 0 Å². The van der Waals surface area contributed by atoms with Crippen molar-refractivity contribution in [2.45, 2.75) is 46.1 Å². The molecule has 1 amide bonds. The van der Waals surface area contributed by atoms with Crippen LogP contribution in [0.1, 0.15) is 45.1 Å². The Labute approximate surface area is 246 Å². The van der Waals surface area contributed by atoms with Gasteiger partial charge in [-0.1, -0.05) is 30.1 Å². The molecule has 0 saturated carbocycles. The highest BCUT2D eigenvalue weighted by Crippen LogP contribution is 2.31. The smallest absolute Gasteiger partial charge is 0.220 e. The van der Waals surface area contributed by atoms with Crippen molar-refractivity contribution < 1.29 is 9.53 Å². The van der Waals surface area contributed by atoms with Gasteiger partial charge in [-0.25, -0.2) is 9.97 Å². The number of nitrogens with one attached hydrogen (secondary N) is 1. The van der Waals surface area contributed by atoms with Crippen LogP contribution in [0.15, 0.2) is 48.7 Å². The molecule has 40 heavy (non-hydrogen) atoms. The average molecular weight is 583 g/mol. The molecule has 2 fully saturated rings. The Morgan fingerprint density at radius 3 is 2.38 bits per heavy atom. The minimum Gasteiger partial charge on any atom is -0.437 e. The van der Waals surface area contributed by atoms with Crippen LogP contribution in [0.3, 0.4) is 0 Å². The SMILES string of the molecule is CC(=O)NCC1CCN(Cc2cc(Oc3ccc(N4CCC(C)CC4)nc3)nc(-c3cc(Cl)cc(Cl)c3)c2)CC1. The van der Waals surface area contributed by atoms with E-state index in [1.807, 2.05) is 30.3 Å². The molecule has 0 atom stereocenters. The summed E-state index contributed by atoms with van der Waals surface area (Å²) in [6.07, 6.45) is 6.27. The first-order valence-corrected chi connectivity index (χ1v) is 14.9. The highest BCUT2D eigenvalue weighted by molar-refractivity contribution is 6.35. The van der Waals surface area contributed by atoms with Crippen LogP contribution in [-0.4, -0.2) is 53.5 Å². The molecular formula is C31H37Cl2N5O2. The third-order valence-electron chi connectivity index (χ3n) is 7.82. The van der Waals surface area contributed by atoms with E-state index in [2.05, 4.69) is 33.1 Å². The fourth-order valence-electron chi connectivity index (χ4n) is 5.43. The van der Waals surface area contributed by atoms with Gasteiger partial charge in [0.25, 0.3) is 0 Å². The number of nitrogens with zero attached hydrogens (tertiary/aromatic N) is 4. The van der Waals surface area contributed by atoms with Gasteiger partial charge in [0, 0.05) is 54.8 Å². The fourth-order valence-corrected chi connectivity index (χ4v) is 5.95. The fraction of sp³-hybridized carbons (Fsp3) is 0.452. The minimum absolute atomic E-state index is 0.0337. The van der Waals surface area contributed by atoms with Gasteiger partial charge < -0.3 is 15.0 Å². The molecule has 2 saturated heterocycles. The van der Waals surface area contributed by atoms with Crippen molar-refractivity contribution >= 4 is 34.9 Å². The summed E-state index contributed by atoms with van der Waals surface area (Å²) < 4.78 is 6.24. The molecule has 2 aliphatic rings. The van der Waals surface area contributed by atoms with Crippen molar-refractivity contribution in [3.05, 3.63) is 64.3 Å². The predicted molar refractivity (Wildman–Crippen MR) is 161 cm³/mol. The lowest BCUT2D eigenvalue weighted by atomic mass is 9.96. The molecule has 212 valence electrons. The molecule has 2 aromatic heterocycles. The summed E-state index contributed by atoms with van der Waals surface area (Å²) in [5.41, 5.74) is 2.69. The Balaban J connectivity index is 1.32. The summed E-state index contributed by atoms with van der Waals surface area (Å²) in [5.74, 6) is 3.46. The van der Waals surface area contributed by atoms with E-state index >= 15 is 0 Å². The third kappa shape index (κ3) is 7.87. The quantitative estimate of drug-likeness (QED) is 0.314. The third-order valence-corrected chi connectivity index (χ3v) is 8.26. The molecule has 0 radical (unpaired) electrons. The van der Waals surface area contributed by atoms with Crippen molar-refractivity contribution in [1.29, 1.82) is 0 Å². The van der Waals surface area contributed by atoms with Crippen LogP contribution in [0.25, 0.3) is 11.3 Å². The van der Waals surface area contributed by atoms with E-state index in [1.165, 1.54) is 12.8 Å². The standard InChI is InChI=1S/C31H37Cl2N5O2/c1-21-5-11-38(12-6-21)30-4-3-28(19-35-30)40-31-14-24(13-29(36-31)25-15-26(32)17-27(33)16-25)20-37-9-7-23(8-10-37)18-34-22(2)39/h3-4,13-17,19,21,23H,5-12,18,20H2,1-2H3,(H,34,39). The predicted octanol–water partition coefficient (Wildman–Crippen LogP) is 6.83. The molecule has 9 heteroatoms. The maximum Gasteiger partial charge on any atom is 0.220 e. The van der Waals surface area contributed by atoms with Gasteiger partial charge in [0.15, 0.2) is 0 Å². The molecule has 1 N–H and O–H groups in total. The molecule has 7 nitrogen and oxygen atoms in total. The van der Waals surface area contributed by atoms with Crippen molar-refractivity contribution in [3.8, 4) is 22.9 Å². The molecule has 3 aromatic rings. The highest BCUT2D eigenvalue weighted by atomic mass is 35.5. The van der Waals surface area contributed by atoms with Gasteiger partial charge in [-0.05, 0) is 92.6 Å². The van der Waals surface area contributed by atoms with Crippen LogP contribution >= 0.6 is 23.2 Å². The van der Waals surface area contributed by atoms with Gasteiger partial charge in [0.2, 0.25) is 11.8 Å².